The van der Waals surface area contributed by atoms with Crippen LogP contribution in [0.2, 0.25) is 0 Å². The molecule has 0 spiro atoms. The maximum absolute atomic E-state index is 13.0. The molecule has 2 aromatic carbocycles. The first-order chi connectivity index (χ1) is 13.5. The minimum atomic E-state index is -0.614. The Labute approximate surface area is 166 Å². The van der Waals surface area contributed by atoms with Crippen LogP contribution in [-0.4, -0.2) is 40.8 Å². The maximum Gasteiger partial charge on any atom is 0.238 e. The van der Waals surface area contributed by atoms with Gasteiger partial charge in [0.1, 0.15) is 16.8 Å². The van der Waals surface area contributed by atoms with Crippen molar-refractivity contribution in [3.05, 3.63) is 54.3 Å². The number of nitrogens with zero attached hydrogens (tertiary/aromatic N) is 2. The number of amidine groups is 1. The Morgan fingerprint density at radius 2 is 1.93 bits per heavy atom. The van der Waals surface area contributed by atoms with Crippen LogP contribution in [-0.2, 0) is 9.59 Å². The van der Waals surface area contributed by atoms with Gasteiger partial charge in [-0.25, -0.2) is 9.38 Å². The van der Waals surface area contributed by atoms with Gasteiger partial charge in [0.2, 0.25) is 11.8 Å². The summed E-state index contributed by atoms with van der Waals surface area (Å²) in [6, 6.07) is 12.6. The molecule has 1 atom stereocenters. The quantitative estimate of drug-likeness (QED) is 0.827. The monoisotopic (exact) mass is 401 g/mol. The fourth-order valence-corrected chi connectivity index (χ4v) is 3.84. The van der Waals surface area contributed by atoms with E-state index in [0.29, 0.717) is 28.8 Å². The third-order valence-corrected chi connectivity index (χ3v) is 5.34. The Balaban J connectivity index is 1.78. The number of carbonyl (C=O) groups excluding carboxylic acids is 2. The Morgan fingerprint density at radius 3 is 2.54 bits per heavy atom. The molecule has 6 nitrogen and oxygen atoms in total. The molecule has 1 aliphatic rings. The lowest BCUT2D eigenvalue weighted by atomic mass is 10.2. The highest BCUT2D eigenvalue weighted by Gasteiger charge is 2.35. The summed E-state index contributed by atoms with van der Waals surface area (Å²) in [5, 5.41) is 2.58. The standard InChI is InChI=1S/C20H20FN3O3S/c1-3-24-18(25)12-17(19(26)22-14-6-4-13(21)5-7-14)28-20(24)23-15-8-10-16(27-2)11-9-15/h4-11,17H,3,12H2,1-2H3,(H,22,26)/t17-/m1/s1. The molecule has 0 radical (unpaired) electrons. The molecule has 0 unspecified atom stereocenters. The first-order valence-electron chi connectivity index (χ1n) is 8.76. The van der Waals surface area contributed by atoms with Crippen LogP contribution in [0.1, 0.15) is 13.3 Å². The smallest absolute Gasteiger partial charge is 0.238 e. The predicted molar refractivity (Wildman–Crippen MR) is 109 cm³/mol. The highest BCUT2D eigenvalue weighted by molar-refractivity contribution is 8.15. The Hall–Kier alpha value is -2.87. The van der Waals surface area contributed by atoms with Crippen molar-refractivity contribution in [2.75, 3.05) is 19.0 Å². The fraction of sp³-hybridized carbons (Fsp3) is 0.250. The van der Waals surface area contributed by atoms with Crippen LogP contribution in [0.15, 0.2) is 53.5 Å². The van der Waals surface area contributed by atoms with Crippen molar-refractivity contribution in [3.63, 3.8) is 0 Å². The fourth-order valence-electron chi connectivity index (χ4n) is 2.68. The van der Waals surface area contributed by atoms with Crippen molar-refractivity contribution in [3.8, 4) is 5.75 Å². The molecule has 0 aliphatic carbocycles. The van der Waals surface area contributed by atoms with Gasteiger partial charge >= 0.3 is 0 Å². The zero-order chi connectivity index (χ0) is 20.1. The first-order valence-corrected chi connectivity index (χ1v) is 9.64. The van der Waals surface area contributed by atoms with Crippen LogP contribution < -0.4 is 10.1 Å². The summed E-state index contributed by atoms with van der Waals surface area (Å²) in [5.74, 6) is -0.149. The number of nitrogens with one attached hydrogen (secondary N) is 1. The molecule has 1 saturated heterocycles. The topological polar surface area (TPSA) is 71.0 Å². The van der Waals surface area contributed by atoms with Crippen LogP contribution in [0.4, 0.5) is 15.8 Å². The molecule has 1 heterocycles. The van der Waals surface area contributed by atoms with E-state index in [1.807, 2.05) is 6.92 Å². The van der Waals surface area contributed by atoms with Crippen LogP contribution in [0, 0.1) is 5.82 Å². The van der Waals surface area contributed by atoms with Crippen molar-refractivity contribution < 1.29 is 18.7 Å². The molecule has 1 aliphatic heterocycles. The molecule has 0 aromatic heterocycles. The van der Waals surface area contributed by atoms with Crippen LogP contribution in [0.5, 0.6) is 5.75 Å². The SMILES string of the molecule is CCN1C(=O)C[C@H](C(=O)Nc2ccc(F)cc2)SC1=Nc1ccc(OC)cc1. The number of thioether (sulfide) groups is 1. The number of halogens is 1. The van der Waals surface area contributed by atoms with Gasteiger partial charge in [-0.05, 0) is 55.5 Å². The maximum atomic E-state index is 13.0. The number of hydrogen-bond donors (Lipinski definition) is 1. The van der Waals surface area contributed by atoms with Gasteiger partial charge in [-0.1, -0.05) is 11.8 Å². The average Bonchev–Trinajstić information content (AvgIpc) is 2.70. The van der Waals surface area contributed by atoms with Gasteiger partial charge in [-0.3, -0.25) is 14.5 Å². The van der Waals surface area contributed by atoms with Gasteiger partial charge in [0, 0.05) is 18.7 Å². The van der Waals surface area contributed by atoms with Gasteiger partial charge in [-0.15, -0.1) is 0 Å². The molecule has 3 rings (SSSR count). The Bertz CT molecular complexity index is 885. The molecule has 2 aromatic rings. The minimum absolute atomic E-state index is 0.0766. The third-order valence-electron chi connectivity index (χ3n) is 4.16. The van der Waals surface area contributed by atoms with E-state index in [1.54, 1.807) is 36.3 Å². The number of methoxy groups -OCH3 is 1. The molecule has 8 heteroatoms. The third kappa shape index (κ3) is 4.69. The lowest BCUT2D eigenvalue weighted by Crippen LogP contribution is -2.45. The number of amides is 2. The van der Waals surface area contributed by atoms with E-state index in [1.165, 1.54) is 36.0 Å². The minimum Gasteiger partial charge on any atom is -0.497 e. The molecule has 1 fully saturated rings. The Kier molecular flexibility index (Phi) is 6.30. The van der Waals surface area contributed by atoms with Crippen molar-refractivity contribution in [1.29, 1.82) is 0 Å². The highest BCUT2D eigenvalue weighted by Crippen LogP contribution is 2.30. The van der Waals surface area contributed by atoms with Crippen molar-refractivity contribution in [2.45, 2.75) is 18.6 Å². The van der Waals surface area contributed by atoms with Crippen LogP contribution >= 0.6 is 11.8 Å². The van der Waals surface area contributed by atoms with Crippen molar-refractivity contribution >= 4 is 40.1 Å². The van der Waals surface area contributed by atoms with Gasteiger partial charge in [0.25, 0.3) is 0 Å². The summed E-state index contributed by atoms with van der Waals surface area (Å²) < 4.78 is 18.2. The molecular formula is C20H20FN3O3S. The van der Waals surface area contributed by atoms with Crippen molar-refractivity contribution in [2.24, 2.45) is 4.99 Å². The summed E-state index contributed by atoms with van der Waals surface area (Å²) >= 11 is 1.24. The number of benzene rings is 2. The predicted octanol–water partition coefficient (Wildman–Crippen LogP) is 3.81. The summed E-state index contributed by atoms with van der Waals surface area (Å²) in [7, 11) is 1.58. The lowest BCUT2D eigenvalue weighted by Gasteiger charge is -2.30. The second-order valence-corrected chi connectivity index (χ2v) is 7.21. The summed E-state index contributed by atoms with van der Waals surface area (Å²) in [4.78, 5) is 31.2. The van der Waals surface area contributed by atoms with Crippen LogP contribution in [0.25, 0.3) is 0 Å². The number of hydrogen-bond acceptors (Lipinski definition) is 5. The van der Waals surface area contributed by atoms with Gasteiger partial charge in [-0.2, -0.15) is 0 Å². The number of anilines is 1. The van der Waals surface area contributed by atoms with E-state index >= 15 is 0 Å². The van der Waals surface area contributed by atoms with E-state index < -0.39 is 5.25 Å². The van der Waals surface area contributed by atoms with Gasteiger partial charge in [0.15, 0.2) is 5.17 Å². The number of carbonyl (C=O) groups is 2. The first kappa shape index (κ1) is 19.9. The lowest BCUT2D eigenvalue weighted by molar-refractivity contribution is -0.129. The normalized spacial score (nSPS) is 18.2. The van der Waals surface area contributed by atoms with E-state index in [2.05, 4.69) is 10.3 Å². The number of ether oxygens (including phenoxy) is 1. The molecule has 0 saturated carbocycles. The van der Waals surface area contributed by atoms with E-state index in [9.17, 15) is 14.0 Å². The van der Waals surface area contributed by atoms with E-state index in [-0.39, 0.29) is 24.1 Å². The van der Waals surface area contributed by atoms with E-state index in [0.717, 1.165) is 0 Å². The second kappa shape index (κ2) is 8.88. The molecule has 1 N–H and O–H groups in total. The Morgan fingerprint density at radius 1 is 1.25 bits per heavy atom. The number of rotatable bonds is 5. The molecular weight excluding hydrogens is 381 g/mol. The van der Waals surface area contributed by atoms with Gasteiger partial charge in [0.05, 0.1) is 12.8 Å². The summed E-state index contributed by atoms with van der Waals surface area (Å²) in [5.41, 5.74) is 1.14. The molecule has 28 heavy (non-hydrogen) atoms. The largest absolute Gasteiger partial charge is 0.497 e. The second-order valence-electron chi connectivity index (χ2n) is 6.04. The average molecular weight is 401 g/mol. The number of aliphatic imine (C=N–C) groups is 1. The van der Waals surface area contributed by atoms with Crippen molar-refractivity contribution in [1.82, 2.24) is 4.90 Å². The molecule has 0 bridgehead atoms. The van der Waals surface area contributed by atoms with Crippen LogP contribution in [0.3, 0.4) is 0 Å². The highest BCUT2D eigenvalue weighted by atomic mass is 32.2. The zero-order valence-corrected chi connectivity index (χ0v) is 16.3. The van der Waals surface area contributed by atoms with Gasteiger partial charge < -0.3 is 10.1 Å². The molecule has 2 amide bonds. The molecule has 146 valence electrons. The summed E-state index contributed by atoms with van der Waals surface area (Å²) in [6.45, 7) is 2.33. The summed E-state index contributed by atoms with van der Waals surface area (Å²) in [6.07, 6.45) is 0.0766. The zero-order valence-electron chi connectivity index (χ0n) is 15.5. The van der Waals surface area contributed by atoms with E-state index in [4.69, 9.17) is 4.74 Å².